The first-order valence-electron chi connectivity index (χ1n) is 4.93. The van der Waals surface area contributed by atoms with Crippen molar-refractivity contribution >= 4 is 27.9 Å². The lowest BCUT2D eigenvalue weighted by atomic mass is 10.4. The van der Waals surface area contributed by atoms with Crippen LogP contribution in [0.25, 0.3) is 6.08 Å². The van der Waals surface area contributed by atoms with E-state index in [1.165, 1.54) is 6.08 Å². The van der Waals surface area contributed by atoms with E-state index < -0.39 is 0 Å². The number of carbonyl (C=O) groups excluding carboxylic acids is 1. The van der Waals surface area contributed by atoms with Gasteiger partial charge in [0, 0.05) is 18.5 Å². The third-order valence-corrected chi connectivity index (χ3v) is 2.40. The van der Waals surface area contributed by atoms with Gasteiger partial charge in [-0.25, -0.2) is 4.98 Å². The van der Waals surface area contributed by atoms with Crippen molar-refractivity contribution in [1.82, 2.24) is 15.3 Å². The Morgan fingerprint density at radius 1 is 1.59 bits per heavy atom. The predicted octanol–water partition coefficient (Wildman–Crippen LogP) is 2.09. The average Bonchev–Trinajstić information content (AvgIpc) is 2.95. The molecule has 0 aliphatic carbocycles. The van der Waals surface area contributed by atoms with Gasteiger partial charge in [-0.05, 0) is 34.1 Å². The molecule has 0 spiro atoms. The van der Waals surface area contributed by atoms with Gasteiger partial charge in [-0.15, -0.1) is 0 Å². The first-order chi connectivity index (χ1) is 8.24. The lowest BCUT2D eigenvalue weighted by Crippen LogP contribution is -2.20. The van der Waals surface area contributed by atoms with Crippen molar-refractivity contribution in [1.29, 1.82) is 0 Å². The molecule has 0 aliphatic rings. The summed E-state index contributed by atoms with van der Waals surface area (Å²) in [5.74, 6) is 1.13. The van der Waals surface area contributed by atoms with Crippen LogP contribution < -0.4 is 5.32 Å². The van der Waals surface area contributed by atoms with E-state index >= 15 is 0 Å². The molecule has 17 heavy (non-hydrogen) atoms. The van der Waals surface area contributed by atoms with Gasteiger partial charge in [0.25, 0.3) is 0 Å². The van der Waals surface area contributed by atoms with Crippen LogP contribution in [0.3, 0.4) is 0 Å². The number of nitrogens with zero attached hydrogens (tertiary/aromatic N) is 1. The minimum atomic E-state index is -0.200. The largest absolute Gasteiger partial charge is 0.450 e. The van der Waals surface area contributed by atoms with Crippen LogP contribution in [0, 0.1) is 0 Å². The van der Waals surface area contributed by atoms with Gasteiger partial charge >= 0.3 is 0 Å². The maximum Gasteiger partial charge on any atom is 0.244 e. The van der Waals surface area contributed by atoms with Gasteiger partial charge in [-0.2, -0.15) is 0 Å². The van der Waals surface area contributed by atoms with E-state index in [0.29, 0.717) is 22.8 Å². The predicted molar refractivity (Wildman–Crippen MR) is 65.9 cm³/mol. The van der Waals surface area contributed by atoms with Crippen molar-refractivity contribution in [2.24, 2.45) is 0 Å². The van der Waals surface area contributed by atoms with E-state index in [1.54, 1.807) is 30.6 Å². The van der Waals surface area contributed by atoms with Gasteiger partial charge in [0.15, 0.2) is 4.67 Å². The number of imidazole rings is 1. The molecule has 2 heterocycles. The highest BCUT2D eigenvalue weighted by Gasteiger charge is 1.99. The minimum absolute atomic E-state index is 0.200. The SMILES string of the molecule is O=C(C=Cc1ccc(Br)o1)NCc1ncc[nH]1. The number of carbonyl (C=O) groups is 1. The van der Waals surface area contributed by atoms with Gasteiger partial charge in [0.05, 0.1) is 6.54 Å². The Labute approximate surface area is 106 Å². The zero-order chi connectivity index (χ0) is 12.1. The summed E-state index contributed by atoms with van der Waals surface area (Å²) in [6, 6.07) is 3.53. The summed E-state index contributed by atoms with van der Waals surface area (Å²) in [6.45, 7) is 0.373. The Hall–Kier alpha value is -1.82. The fraction of sp³-hybridized carbons (Fsp3) is 0.0909. The van der Waals surface area contributed by atoms with Crippen LogP contribution in [0.4, 0.5) is 0 Å². The normalized spacial score (nSPS) is 10.9. The maximum atomic E-state index is 11.4. The van der Waals surface area contributed by atoms with Crippen LogP contribution >= 0.6 is 15.9 Å². The van der Waals surface area contributed by atoms with Crippen LogP contribution in [-0.4, -0.2) is 15.9 Å². The van der Waals surface area contributed by atoms with E-state index in [-0.39, 0.29) is 5.91 Å². The molecule has 6 heteroatoms. The van der Waals surface area contributed by atoms with Gasteiger partial charge in [0.1, 0.15) is 11.6 Å². The Morgan fingerprint density at radius 3 is 3.12 bits per heavy atom. The minimum Gasteiger partial charge on any atom is -0.450 e. The fourth-order valence-corrected chi connectivity index (χ4v) is 1.52. The summed E-state index contributed by atoms with van der Waals surface area (Å²) in [7, 11) is 0. The molecular formula is C11H10BrN3O2. The van der Waals surface area contributed by atoms with Crippen molar-refractivity contribution in [3.05, 3.63) is 46.9 Å². The first-order valence-corrected chi connectivity index (χ1v) is 5.73. The van der Waals surface area contributed by atoms with Crippen molar-refractivity contribution in [3.8, 4) is 0 Å². The van der Waals surface area contributed by atoms with E-state index in [4.69, 9.17) is 4.42 Å². The zero-order valence-electron chi connectivity index (χ0n) is 8.81. The molecule has 2 rings (SSSR count). The molecule has 0 bridgehead atoms. The monoisotopic (exact) mass is 295 g/mol. The Morgan fingerprint density at radius 2 is 2.47 bits per heavy atom. The highest BCUT2D eigenvalue weighted by Crippen LogP contribution is 2.14. The summed E-state index contributed by atoms with van der Waals surface area (Å²) in [6.07, 6.45) is 6.35. The molecule has 0 saturated heterocycles. The molecule has 0 aromatic carbocycles. The third kappa shape index (κ3) is 3.60. The third-order valence-electron chi connectivity index (χ3n) is 1.98. The van der Waals surface area contributed by atoms with Gasteiger partial charge in [-0.3, -0.25) is 4.79 Å². The second-order valence-corrected chi connectivity index (χ2v) is 4.01. The quantitative estimate of drug-likeness (QED) is 0.849. The van der Waals surface area contributed by atoms with Crippen molar-refractivity contribution in [3.63, 3.8) is 0 Å². The topological polar surface area (TPSA) is 70.9 Å². The van der Waals surface area contributed by atoms with E-state index in [0.717, 1.165) is 0 Å². The maximum absolute atomic E-state index is 11.4. The molecule has 0 saturated carbocycles. The number of hydrogen-bond acceptors (Lipinski definition) is 3. The van der Waals surface area contributed by atoms with Crippen LogP contribution in [0.15, 0.2) is 39.7 Å². The fourth-order valence-electron chi connectivity index (χ4n) is 1.20. The molecule has 0 unspecified atom stereocenters. The molecule has 0 aliphatic heterocycles. The lowest BCUT2D eigenvalue weighted by molar-refractivity contribution is -0.116. The summed E-state index contributed by atoms with van der Waals surface area (Å²) in [4.78, 5) is 18.3. The van der Waals surface area contributed by atoms with Crippen molar-refractivity contribution in [2.45, 2.75) is 6.54 Å². The molecule has 5 nitrogen and oxygen atoms in total. The van der Waals surface area contributed by atoms with E-state index in [9.17, 15) is 4.79 Å². The standard InChI is InChI=1S/C11H10BrN3O2/c12-9-3-1-8(17-9)2-4-11(16)15-7-10-13-5-6-14-10/h1-6H,7H2,(H,13,14)(H,15,16). The number of H-pyrrole nitrogens is 1. The summed E-state index contributed by atoms with van der Waals surface area (Å²) < 4.78 is 5.85. The second-order valence-electron chi connectivity index (χ2n) is 3.23. The van der Waals surface area contributed by atoms with Crippen LogP contribution in [0.5, 0.6) is 0 Å². The number of nitrogens with one attached hydrogen (secondary N) is 2. The number of hydrogen-bond donors (Lipinski definition) is 2. The second kappa shape index (κ2) is 5.49. The summed E-state index contributed by atoms with van der Waals surface area (Å²) in [5, 5.41) is 2.69. The molecular weight excluding hydrogens is 286 g/mol. The van der Waals surface area contributed by atoms with Gasteiger partial charge in [0.2, 0.25) is 5.91 Å². The highest BCUT2D eigenvalue weighted by atomic mass is 79.9. The lowest BCUT2D eigenvalue weighted by Gasteiger charge is -1.97. The number of rotatable bonds is 4. The molecule has 88 valence electrons. The molecule has 2 aromatic rings. The summed E-state index contributed by atoms with van der Waals surface area (Å²) >= 11 is 3.18. The Balaban J connectivity index is 1.83. The van der Waals surface area contributed by atoms with Crippen molar-refractivity contribution in [2.75, 3.05) is 0 Å². The van der Waals surface area contributed by atoms with Crippen LogP contribution in [-0.2, 0) is 11.3 Å². The Kier molecular flexibility index (Phi) is 3.77. The van der Waals surface area contributed by atoms with E-state index in [1.807, 2.05) is 0 Å². The summed E-state index contributed by atoms with van der Waals surface area (Å²) in [5.41, 5.74) is 0. The number of amides is 1. The van der Waals surface area contributed by atoms with Crippen LogP contribution in [0.1, 0.15) is 11.6 Å². The Bertz CT molecular complexity index is 517. The molecule has 0 atom stereocenters. The molecule has 0 fully saturated rings. The highest BCUT2D eigenvalue weighted by molar-refractivity contribution is 9.10. The number of aromatic amines is 1. The van der Waals surface area contributed by atoms with Gasteiger partial charge in [-0.1, -0.05) is 0 Å². The average molecular weight is 296 g/mol. The molecule has 1 amide bonds. The molecule has 2 aromatic heterocycles. The van der Waals surface area contributed by atoms with Gasteiger partial charge < -0.3 is 14.7 Å². The van der Waals surface area contributed by atoms with E-state index in [2.05, 4.69) is 31.2 Å². The smallest absolute Gasteiger partial charge is 0.244 e. The zero-order valence-corrected chi connectivity index (χ0v) is 10.4. The number of halogens is 1. The molecule has 0 radical (unpaired) electrons. The number of aromatic nitrogens is 2. The number of furan rings is 1. The van der Waals surface area contributed by atoms with Crippen molar-refractivity contribution < 1.29 is 9.21 Å². The first kappa shape index (κ1) is 11.7. The molecule has 2 N–H and O–H groups in total. The van der Waals surface area contributed by atoms with Crippen LogP contribution in [0.2, 0.25) is 0 Å².